The molecule has 0 bridgehead atoms. The van der Waals surface area contributed by atoms with Crippen LogP contribution in [0.4, 0.5) is 10.1 Å². The lowest BCUT2D eigenvalue weighted by molar-refractivity contribution is 0.102. The molecule has 0 fully saturated rings. The molecule has 5 nitrogen and oxygen atoms in total. The number of benzene rings is 1. The number of halogens is 1. The van der Waals surface area contributed by atoms with E-state index in [4.69, 9.17) is 5.73 Å². The fourth-order valence-electron chi connectivity index (χ4n) is 1.67. The maximum atomic E-state index is 13.7. The molecule has 1 amide bonds. The van der Waals surface area contributed by atoms with E-state index in [2.05, 4.69) is 5.32 Å². The Morgan fingerprint density at radius 1 is 1.35 bits per heavy atom. The molecule has 0 aliphatic heterocycles. The van der Waals surface area contributed by atoms with Crippen molar-refractivity contribution in [1.82, 2.24) is 4.57 Å². The number of hydrogen-bond acceptors (Lipinski definition) is 3. The standard InChI is InChI=1S/C14H14FN3O2/c1-18-5-4-10(7-13(18)19)14(20)17-12-3-2-9(8-16)6-11(12)15/h2-7H,8,16H2,1H3,(H,17,20). The number of anilines is 1. The van der Waals surface area contributed by atoms with Gasteiger partial charge in [-0.2, -0.15) is 0 Å². The van der Waals surface area contributed by atoms with Crippen LogP contribution in [0, 0.1) is 5.82 Å². The van der Waals surface area contributed by atoms with Crippen molar-refractivity contribution >= 4 is 11.6 Å². The van der Waals surface area contributed by atoms with Crippen molar-refractivity contribution in [3.63, 3.8) is 0 Å². The van der Waals surface area contributed by atoms with Crippen molar-refractivity contribution in [2.24, 2.45) is 12.8 Å². The average Bonchev–Trinajstić information content (AvgIpc) is 2.43. The van der Waals surface area contributed by atoms with Crippen LogP contribution in [-0.4, -0.2) is 10.5 Å². The molecule has 6 heteroatoms. The van der Waals surface area contributed by atoms with Crippen molar-refractivity contribution in [3.05, 3.63) is 63.8 Å². The molecule has 0 unspecified atom stereocenters. The number of aromatic nitrogens is 1. The number of amides is 1. The lowest BCUT2D eigenvalue weighted by Crippen LogP contribution is -2.20. The third-order valence-corrected chi connectivity index (χ3v) is 2.88. The topological polar surface area (TPSA) is 77.1 Å². The van der Waals surface area contributed by atoms with Crippen molar-refractivity contribution in [2.45, 2.75) is 6.54 Å². The Balaban J connectivity index is 2.23. The highest BCUT2D eigenvalue weighted by molar-refractivity contribution is 6.04. The summed E-state index contributed by atoms with van der Waals surface area (Å²) in [4.78, 5) is 23.4. The van der Waals surface area contributed by atoms with Gasteiger partial charge in [0, 0.05) is 31.4 Å². The summed E-state index contributed by atoms with van der Waals surface area (Å²) in [6.07, 6.45) is 1.48. The van der Waals surface area contributed by atoms with Gasteiger partial charge in [-0.1, -0.05) is 6.07 Å². The molecule has 0 radical (unpaired) electrons. The van der Waals surface area contributed by atoms with Gasteiger partial charge in [-0.05, 0) is 23.8 Å². The minimum Gasteiger partial charge on any atom is -0.326 e. The molecule has 20 heavy (non-hydrogen) atoms. The van der Waals surface area contributed by atoms with E-state index >= 15 is 0 Å². The molecule has 2 rings (SSSR count). The molecule has 0 atom stereocenters. The summed E-state index contributed by atoms with van der Waals surface area (Å²) in [7, 11) is 1.58. The molecule has 0 saturated heterocycles. The van der Waals surface area contributed by atoms with E-state index in [0.29, 0.717) is 5.56 Å². The van der Waals surface area contributed by atoms with E-state index in [1.807, 2.05) is 0 Å². The summed E-state index contributed by atoms with van der Waals surface area (Å²) in [5.74, 6) is -1.10. The van der Waals surface area contributed by atoms with Gasteiger partial charge in [-0.15, -0.1) is 0 Å². The fraction of sp³-hybridized carbons (Fsp3) is 0.143. The zero-order chi connectivity index (χ0) is 14.7. The molecule has 2 aromatic rings. The molecule has 0 saturated carbocycles. The van der Waals surface area contributed by atoms with Gasteiger partial charge < -0.3 is 15.6 Å². The van der Waals surface area contributed by atoms with Crippen molar-refractivity contribution < 1.29 is 9.18 Å². The van der Waals surface area contributed by atoms with Gasteiger partial charge in [0.2, 0.25) is 0 Å². The third kappa shape index (κ3) is 2.92. The first-order valence-corrected chi connectivity index (χ1v) is 5.98. The second kappa shape index (κ2) is 5.66. The quantitative estimate of drug-likeness (QED) is 0.884. The van der Waals surface area contributed by atoms with E-state index in [1.165, 1.54) is 35.0 Å². The van der Waals surface area contributed by atoms with E-state index in [1.54, 1.807) is 13.1 Å². The van der Waals surface area contributed by atoms with Crippen molar-refractivity contribution in [3.8, 4) is 0 Å². The number of hydrogen-bond donors (Lipinski definition) is 2. The Morgan fingerprint density at radius 2 is 2.10 bits per heavy atom. The number of carbonyl (C=O) groups excluding carboxylic acids is 1. The lowest BCUT2D eigenvalue weighted by atomic mass is 10.2. The Morgan fingerprint density at radius 3 is 2.70 bits per heavy atom. The highest BCUT2D eigenvalue weighted by Crippen LogP contribution is 2.16. The zero-order valence-corrected chi connectivity index (χ0v) is 10.9. The maximum Gasteiger partial charge on any atom is 0.255 e. The van der Waals surface area contributed by atoms with Gasteiger partial charge in [-0.25, -0.2) is 4.39 Å². The van der Waals surface area contributed by atoms with Crippen molar-refractivity contribution in [1.29, 1.82) is 0 Å². The molecule has 1 aromatic carbocycles. The molecular weight excluding hydrogens is 261 g/mol. The summed E-state index contributed by atoms with van der Waals surface area (Å²) in [6, 6.07) is 7.02. The van der Waals surface area contributed by atoms with Crippen LogP contribution in [0.2, 0.25) is 0 Å². The highest BCUT2D eigenvalue weighted by Gasteiger charge is 2.10. The second-order valence-electron chi connectivity index (χ2n) is 4.34. The van der Waals surface area contributed by atoms with E-state index in [-0.39, 0.29) is 23.4 Å². The van der Waals surface area contributed by atoms with Crippen LogP contribution < -0.4 is 16.6 Å². The third-order valence-electron chi connectivity index (χ3n) is 2.88. The van der Waals surface area contributed by atoms with Gasteiger partial charge in [0.25, 0.3) is 11.5 Å². The largest absolute Gasteiger partial charge is 0.326 e. The first kappa shape index (κ1) is 14.0. The van der Waals surface area contributed by atoms with Crippen LogP contribution in [0.1, 0.15) is 15.9 Å². The Hall–Kier alpha value is -2.47. The van der Waals surface area contributed by atoms with Crippen LogP contribution in [0.5, 0.6) is 0 Å². The van der Waals surface area contributed by atoms with Gasteiger partial charge >= 0.3 is 0 Å². The number of carbonyl (C=O) groups is 1. The molecule has 1 heterocycles. The molecule has 3 N–H and O–H groups in total. The maximum absolute atomic E-state index is 13.7. The monoisotopic (exact) mass is 275 g/mol. The molecule has 0 spiro atoms. The lowest BCUT2D eigenvalue weighted by Gasteiger charge is -2.08. The van der Waals surface area contributed by atoms with Gasteiger partial charge in [0.05, 0.1) is 5.69 Å². The van der Waals surface area contributed by atoms with Crippen LogP contribution in [0.15, 0.2) is 41.3 Å². The average molecular weight is 275 g/mol. The van der Waals surface area contributed by atoms with Gasteiger partial charge in [-0.3, -0.25) is 9.59 Å². The van der Waals surface area contributed by atoms with Crippen molar-refractivity contribution in [2.75, 3.05) is 5.32 Å². The second-order valence-corrected chi connectivity index (χ2v) is 4.34. The van der Waals surface area contributed by atoms with Crippen LogP contribution in [0.25, 0.3) is 0 Å². The number of nitrogens with two attached hydrogens (primary N) is 1. The first-order chi connectivity index (χ1) is 9.51. The van der Waals surface area contributed by atoms with Gasteiger partial charge in [0.15, 0.2) is 0 Å². The summed E-state index contributed by atoms with van der Waals surface area (Å²) < 4.78 is 15.1. The van der Waals surface area contributed by atoms with Crippen LogP contribution >= 0.6 is 0 Å². The zero-order valence-electron chi connectivity index (χ0n) is 10.9. The molecule has 0 aliphatic rings. The smallest absolute Gasteiger partial charge is 0.255 e. The number of nitrogens with zero attached hydrogens (tertiary/aromatic N) is 1. The van der Waals surface area contributed by atoms with E-state index in [0.717, 1.165) is 0 Å². The minimum atomic E-state index is -0.565. The molecular formula is C14H14FN3O2. The summed E-state index contributed by atoms with van der Waals surface area (Å²) >= 11 is 0. The summed E-state index contributed by atoms with van der Waals surface area (Å²) in [5.41, 5.74) is 5.95. The van der Waals surface area contributed by atoms with Crippen LogP contribution in [0.3, 0.4) is 0 Å². The SMILES string of the molecule is Cn1ccc(C(=O)Nc2ccc(CN)cc2F)cc1=O. The Labute approximate surface area is 114 Å². The number of nitrogens with one attached hydrogen (secondary N) is 1. The number of pyridine rings is 1. The van der Waals surface area contributed by atoms with E-state index < -0.39 is 11.7 Å². The number of aryl methyl sites for hydroxylation is 1. The predicted molar refractivity (Wildman–Crippen MR) is 73.9 cm³/mol. The molecule has 1 aromatic heterocycles. The number of rotatable bonds is 3. The summed E-state index contributed by atoms with van der Waals surface area (Å²) in [6.45, 7) is 0.222. The minimum absolute atomic E-state index is 0.0490. The predicted octanol–water partition coefficient (Wildman–Crippen LogP) is 1.24. The van der Waals surface area contributed by atoms with Gasteiger partial charge in [0.1, 0.15) is 5.82 Å². The fourth-order valence-corrected chi connectivity index (χ4v) is 1.67. The normalized spacial score (nSPS) is 10.3. The first-order valence-electron chi connectivity index (χ1n) is 5.98. The Kier molecular flexibility index (Phi) is 3.95. The highest BCUT2D eigenvalue weighted by atomic mass is 19.1. The Bertz CT molecular complexity index is 710. The molecule has 104 valence electrons. The van der Waals surface area contributed by atoms with E-state index in [9.17, 15) is 14.0 Å². The van der Waals surface area contributed by atoms with Crippen LogP contribution in [-0.2, 0) is 13.6 Å². The molecule has 0 aliphatic carbocycles. The summed E-state index contributed by atoms with van der Waals surface area (Å²) in [5, 5.41) is 2.42.